The Kier molecular flexibility index (Phi) is 12.7. The number of benzene rings is 6. The van der Waals surface area contributed by atoms with Crippen LogP contribution in [0.2, 0.25) is 5.04 Å². The maximum Gasteiger partial charge on any atom is 0.261 e. The van der Waals surface area contributed by atoms with Crippen LogP contribution in [0.5, 0.6) is 5.75 Å². The first-order valence-electron chi connectivity index (χ1n) is 24.3. The molecule has 3 saturated heterocycles. The van der Waals surface area contributed by atoms with Crippen molar-refractivity contribution in [3.63, 3.8) is 0 Å². The molecule has 4 atom stereocenters. The number of piperidine rings is 1. The number of aromatic hydroxyl groups is 1. The molecular formula is C59H62N2O5Si. The minimum Gasteiger partial charge on any atom is -0.507 e. The number of fused-ring (bicyclic) bond motifs is 4. The standard InChI is InChI=1S/C59H62N2O5Si/c1-59(2,3)67(47-22-12-6-13-23-47,48-24-14-7-15-25-48)66-39-45-37-51-56(58(64)61(57(51)63)46-32-34-60(35-33-46)38-41-18-8-4-9-19-41)52-40-65-54(55(45)52)31-29-43(42-20-10-5-11-21-42)36-44-28-30-53(62)50-27-17-16-26-49(44)50/h4-28,30,36,46,51-52,54,56,62H,29,31-35,37-40H2,1-3H3/b43-36-/t51-,52+,54-,56-/m1/s1. The lowest BCUT2D eigenvalue weighted by Crippen LogP contribution is -2.66. The van der Waals surface area contributed by atoms with Gasteiger partial charge in [0.05, 0.1) is 31.2 Å². The number of nitrogens with zero attached hydrogens (tertiary/aromatic N) is 2. The van der Waals surface area contributed by atoms with Gasteiger partial charge >= 0.3 is 0 Å². The van der Waals surface area contributed by atoms with Crippen LogP contribution >= 0.6 is 0 Å². The summed E-state index contributed by atoms with van der Waals surface area (Å²) in [6.07, 6.45) is 5.48. The molecule has 6 aromatic carbocycles. The summed E-state index contributed by atoms with van der Waals surface area (Å²) in [6.45, 7) is 10.2. The lowest BCUT2D eigenvalue weighted by molar-refractivity contribution is -0.144. The van der Waals surface area contributed by atoms with Gasteiger partial charge in [0.15, 0.2) is 0 Å². The van der Waals surface area contributed by atoms with Crippen molar-refractivity contribution in [3.8, 4) is 5.75 Å². The third-order valence-corrected chi connectivity index (χ3v) is 20.2. The Bertz CT molecular complexity index is 2740. The zero-order chi connectivity index (χ0) is 46.1. The number of carbonyl (C=O) groups is 2. The molecule has 0 bridgehead atoms. The topological polar surface area (TPSA) is 79.3 Å². The number of imide groups is 1. The van der Waals surface area contributed by atoms with Crippen LogP contribution in [-0.2, 0) is 25.3 Å². The predicted octanol–water partition coefficient (Wildman–Crippen LogP) is 10.4. The maximum absolute atomic E-state index is 14.9. The summed E-state index contributed by atoms with van der Waals surface area (Å²) in [5, 5.41) is 14.7. The van der Waals surface area contributed by atoms with Crippen LogP contribution in [0, 0.1) is 17.8 Å². The highest BCUT2D eigenvalue weighted by molar-refractivity contribution is 6.99. The number of phenols is 1. The molecule has 3 aliphatic heterocycles. The molecule has 3 fully saturated rings. The second kappa shape index (κ2) is 19.0. The first-order valence-corrected chi connectivity index (χ1v) is 26.2. The highest BCUT2D eigenvalue weighted by atomic mass is 28.4. The lowest BCUT2D eigenvalue weighted by Gasteiger charge is -2.44. The zero-order valence-electron chi connectivity index (χ0n) is 39.0. The van der Waals surface area contributed by atoms with E-state index in [9.17, 15) is 14.7 Å². The molecule has 0 radical (unpaired) electrons. The Balaban J connectivity index is 0.994. The average molecular weight is 907 g/mol. The monoisotopic (exact) mass is 906 g/mol. The molecule has 0 saturated carbocycles. The van der Waals surface area contributed by atoms with Crippen molar-refractivity contribution in [2.75, 3.05) is 26.3 Å². The summed E-state index contributed by atoms with van der Waals surface area (Å²) in [4.78, 5) is 34.0. The van der Waals surface area contributed by atoms with Crippen LogP contribution in [-0.4, -0.2) is 73.5 Å². The van der Waals surface area contributed by atoms with E-state index < -0.39 is 20.2 Å². The second-order valence-corrected chi connectivity index (χ2v) is 24.4. The number of phenolic OH excluding ortho intramolecular Hbond substituents is 1. The molecule has 0 aromatic heterocycles. The van der Waals surface area contributed by atoms with Gasteiger partial charge in [-0.05, 0) is 92.4 Å². The van der Waals surface area contributed by atoms with Gasteiger partial charge in [-0.2, -0.15) is 0 Å². The summed E-state index contributed by atoms with van der Waals surface area (Å²) in [5.74, 6) is -0.852. The quantitative estimate of drug-likeness (QED) is 0.0538. The van der Waals surface area contributed by atoms with Crippen LogP contribution in [0.4, 0.5) is 0 Å². The van der Waals surface area contributed by atoms with E-state index in [4.69, 9.17) is 9.16 Å². The molecule has 0 unspecified atom stereocenters. The molecule has 342 valence electrons. The highest BCUT2D eigenvalue weighted by Gasteiger charge is 2.59. The minimum absolute atomic E-state index is 0.0145. The fourth-order valence-corrected chi connectivity index (χ4v) is 16.5. The van der Waals surface area contributed by atoms with E-state index in [1.165, 1.54) is 27.1 Å². The molecule has 2 amide bonds. The largest absolute Gasteiger partial charge is 0.507 e. The van der Waals surface area contributed by atoms with Crippen molar-refractivity contribution >= 4 is 52.9 Å². The zero-order valence-corrected chi connectivity index (χ0v) is 40.0. The van der Waals surface area contributed by atoms with E-state index in [2.05, 4.69) is 147 Å². The third kappa shape index (κ3) is 8.65. The summed E-state index contributed by atoms with van der Waals surface area (Å²) in [5.41, 5.74) is 6.91. The fourth-order valence-electron chi connectivity index (χ4n) is 12.0. The second-order valence-electron chi connectivity index (χ2n) is 20.1. The molecule has 4 aliphatic rings. The predicted molar refractivity (Wildman–Crippen MR) is 271 cm³/mol. The molecule has 8 heteroatoms. The van der Waals surface area contributed by atoms with Crippen molar-refractivity contribution in [1.29, 1.82) is 0 Å². The molecule has 1 aliphatic carbocycles. The van der Waals surface area contributed by atoms with Gasteiger partial charge in [0, 0.05) is 37.0 Å². The number of ether oxygens (including phenoxy) is 1. The SMILES string of the molecule is CC(C)(C)[Si](OCC1=C2[C@@H](CC/C(=C/c3ccc(O)c4ccccc34)c3ccccc3)OC[C@@H]2[C@@H]2C(=O)N(C3CCN(Cc4ccccc4)CC3)C(=O)[C@@H]2C1)(c1ccccc1)c1ccccc1. The van der Waals surface area contributed by atoms with Crippen LogP contribution in [0.3, 0.4) is 0 Å². The first kappa shape index (κ1) is 44.9. The van der Waals surface area contributed by atoms with Gasteiger partial charge in [0.1, 0.15) is 5.75 Å². The molecule has 6 aromatic rings. The van der Waals surface area contributed by atoms with E-state index in [1.54, 1.807) is 11.0 Å². The van der Waals surface area contributed by atoms with E-state index in [0.29, 0.717) is 26.1 Å². The van der Waals surface area contributed by atoms with E-state index >= 15 is 0 Å². The van der Waals surface area contributed by atoms with Gasteiger partial charge in [-0.1, -0.05) is 179 Å². The van der Waals surface area contributed by atoms with Gasteiger partial charge in [-0.25, -0.2) is 0 Å². The number of carbonyl (C=O) groups excluding carboxylic acids is 2. The first-order chi connectivity index (χ1) is 32.6. The Labute approximate surface area is 396 Å². The molecule has 7 nitrogen and oxygen atoms in total. The lowest BCUT2D eigenvalue weighted by atomic mass is 9.69. The number of allylic oxidation sites excluding steroid dienone is 1. The highest BCUT2D eigenvalue weighted by Crippen LogP contribution is 2.51. The summed E-state index contributed by atoms with van der Waals surface area (Å²) >= 11 is 0. The van der Waals surface area contributed by atoms with E-state index in [1.807, 2.05) is 36.4 Å². The number of hydrogen-bond donors (Lipinski definition) is 1. The van der Waals surface area contributed by atoms with Crippen molar-refractivity contribution in [1.82, 2.24) is 9.80 Å². The number of amides is 2. The molecule has 0 spiro atoms. The average Bonchev–Trinajstić information content (AvgIpc) is 3.89. The van der Waals surface area contributed by atoms with Gasteiger partial charge in [-0.3, -0.25) is 19.4 Å². The van der Waals surface area contributed by atoms with Crippen molar-refractivity contribution in [3.05, 3.63) is 186 Å². The Morgan fingerprint density at radius 3 is 1.97 bits per heavy atom. The van der Waals surface area contributed by atoms with Crippen LogP contribution < -0.4 is 10.4 Å². The molecule has 1 N–H and O–H groups in total. The molecule has 67 heavy (non-hydrogen) atoms. The van der Waals surface area contributed by atoms with Crippen molar-refractivity contribution in [2.24, 2.45) is 17.8 Å². The van der Waals surface area contributed by atoms with Crippen LogP contribution in [0.25, 0.3) is 22.4 Å². The van der Waals surface area contributed by atoms with Crippen LogP contribution in [0.15, 0.2) is 169 Å². The normalized spacial score (nSPS) is 21.8. The maximum atomic E-state index is 14.9. The number of hydrogen-bond acceptors (Lipinski definition) is 6. The fraction of sp³-hybridized carbons (Fsp3) is 0.322. The Hall–Kier alpha value is -5.90. The van der Waals surface area contributed by atoms with E-state index in [0.717, 1.165) is 66.4 Å². The Morgan fingerprint density at radius 2 is 1.33 bits per heavy atom. The smallest absolute Gasteiger partial charge is 0.261 e. The Morgan fingerprint density at radius 1 is 0.731 bits per heavy atom. The third-order valence-electron chi connectivity index (χ3n) is 15.2. The summed E-state index contributed by atoms with van der Waals surface area (Å²) < 4.78 is 14.6. The van der Waals surface area contributed by atoms with Crippen molar-refractivity contribution < 1.29 is 23.9 Å². The van der Waals surface area contributed by atoms with Gasteiger partial charge in [0.25, 0.3) is 8.32 Å². The molecule has 10 rings (SSSR count). The summed E-state index contributed by atoms with van der Waals surface area (Å²) in [7, 11) is -2.96. The summed E-state index contributed by atoms with van der Waals surface area (Å²) in [6, 6.07) is 54.2. The number of likely N-dealkylation sites (tertiary alicyclic amines) is 2. The van der Waals surface area contributed by atoms with Crippen molar-refractivity contribution in [2.45, 2.75) is 76.6 Å². The van der Waals surface area contributed by atoms with E-state index in [-0.39, 0.29) is 40.7 Å². The van der Waals surface area contributed by atoms with Gasteiger partial charge in [-0.15, -0.1) is 0 Å². The minimum atomic E-state index is -2.96. The number of rotatable bonds is 13. The van der Waals surface area contributed by atoms with Gasteiger partial charge in [0.2, 0.25) is 11.8 Å². The van der Waals surface area contributed by atoms with Gasteiger partial charge < -0.3 is 14.3 Å². The van der Waals surface area contributed by atoms with Crippen LogP contribution in [0.1, 0.15) is 69.6 Å². The molecule has 3 heterocycles. The molecular weight excluding hydrogens is 845 g/mol.